The minimum Gasteiger partial charge on any atom is -0.465 e. The molecule has 0 aromatic rings. The Morgan fingerprint density at radius 1 is 1.38 bits per heavy atom. The molecule has 90 valence electrons. The van der Waals surface area contributed by atoms with Crippen LogP contribution in [0.3, 0.4) is 0 Å². The molecule has 1 N–H and O–H groups in total. The number of rotatable bonds is 2. The molecule has 2 rings (SSSR count). The smallest absolute Gasteiger partial charge is 0.315 e. The molecule has 2 fully saturated rings. The van der Waals surface area contributed by atoms with Crippen molar-refractivity contribution in [2.75, 3.05) is 6.61 Å². The molecule has 0 aliphatic heterocycles. The van der Waals surface area contributed by atoms with Gasteiger partial charge in [0.1, 0.15) is 11.0 Å². The van der Waals surface area contributed by atoms with Crippen molar-refractivity contribution in [2.45, 2.75) is 51.0 Å². The molecule has 16 heavy (non-hydrogen) atoms. The normalized spacial score (nSPS) is 38.2. The number of esters is 1. The standard InChI is InChI=1S/C12H18O4/c1-2-16-10(14)11-6-3-4-7-12(11,15)9(13)5-8-11/h15H,2-8H2,1H3/t11-,12-/m1/s1. The third-order valence-corrected chi connectivity index (χ3v) is 4.09. The molecule has 0 aromatic heterocycles. The van der Waals surface area contributed by atoms with E-state index in [4.69, 9.17) is 4.74 Å². The van der Waals surface area contributed by atoms with Gasteiger partial charge in [-0.05, 0) is 26.2 Å². The van der Waals surface area contributed by atoms with Crippen LogP contribution in [0.2, 0.25) is 0 Å². The predicted octanol–water partition coefficient (Wildman–Crippen LogP) is 1.20. The van der Waals surface area contributed by atoms with Gasteiger partial charge in [-0.1, -0.05) is 12.8 Å². The fourth-order valence-electron chi connectivity index (χ4n) is 3.17. The Hall–Kier alpha value is -0.900. The zero-order valence-electron chi connectivity index (χ0n) is 9.62. The summed E-state index contributed by atoms with van der Waals surface area (Å²) in [5.41, 5.74) is -2.39. The van der Waals surface area contributed by atoms with Gasteiger partial charge in [0.15, 0.2) is 5.78 Å². The SMILES string of the molecule is CCOC(=O)[C@]12CCCC[C@@]1(O)C(=O)CC2. The van der Waals surface area contributed by atoms with E-state index in [0.29, 0.717) is 32.3 Å². The van der Waals surface area contributed by atoms with Gasteiger partial charge in [0.25, 0.3) is 0 Å². The van der Waals surface area contributed by atoms with Crippen molar-refractivity contribution in [1.29, 1.82) is 0 Å². The summed E-state index contributed by atoms with van der Waals surface area (Å²) in [6, 6.07) is 0. The fourth-order valence-corrected chi connectivity index (χ4v) is 3.17. The monoisotopic (exact) mass is 226 g/mol. The topological polar surface area (TPSA) is 63.6 Å². The van der Waals surface area contributed by atoms with Crippen LogP contribution in [-0.4, -0.2) is 29.1 Å². The van der Waals surface area contributed by atoms with Gasteiger partial charge in [0.2, 0.25) is 0 Å². The summed E-state index contributed by atoms with van der Waals surface area (Å²) in [6.07, 6.45) is 3.42. The number of carbonyl (C=O) groups is 2. The molecule has 2 aliphatic carbocycles. The Bertz CT molecular complexity index is 325. The molecular formula is C12H18O4. The summed E-state index contributed by atoms with van der Waals surface area (Å²) in [6.45, 7) is 2.04. The lowest BCUT2D eigenvalue weighted by Crippen LogP contribution is -2.55. The Labute approximate surface area is 95.0 Å². The van der Waals surface area contributed by atoms with Crippen LogP contribution in [0.1, 0.15) is 45.4 Å². The van der Waals surface area contributed by atoms with Gasteiger partial charge >= 0.3 is 5.97 Å². The summed E-state index contributed by atoms with van der Waals surface area (Å²) >= 11 is 0. The van der Waals surface area contributed by atoms with Gasteiger partial charge in [0, 0.05) is 6.42 Å². The number of ether oxygens (including phenoxy) is 1. The van der Waals surface area contributed by atoms with Crippen LogP contribution in [0.25, 0.3) is 0 Å². The summed E-state index contributed by atoms with van der Waals surface area (Å²) in [5, 5.41) is 10.5. The first kappa shape index (κ1) is 11.6. The first-order valence-electron chi connectivity index (χ1n) is 6.00. The quantitative estimate of drug-likeness (QED) is 0.719. The average molecular weight is 226 g/mol. The fraction of sp³-hybridized carbons (Fsp3) is 0.833. The number of hydrogen-bond donors (Lipinski definition) is 1. The molecule has 2 atom stereocenters. The molecular weight excluding hydrogens is 208 g/mol. The molecule has 2 saturated carbocycles. The highest BCUT2D eigenvalue weighted by Crippen LogP contribution is 2.54. The molecule has 0 radical (unpaired) electrons. The Morgan fingerprint density at radius 2 is 2.06 bits per heavy atom. The summed E-state index contributed by atoms with van der Waals surface area (Å²) in [5.74, 6) is -0.566. The van der Waals surface area contributed by atoms with Crippen molar-refractivity contribution >= 4 is 11.8 Å². The van der Waals surface area contributed by atoms with Gasteiger partial charge in [-0.15, -0.1) is 0 Å². The van der Waals surface area contributed by atoms with Crippen molar-refractivity contribution in [3.05, 3.63) is 0 Å². The molecule has 4 heteroatoms. The van der Waals surface area contributed by atoms with E-state index in [-0.39, 0.29) is 11.8 Å². The minimum atomic E-state index is -1.45. The van der Waals surface area contributed by atoms with Crippen LogP contribution >= 0.6 is 0 Å². The van der Waals surface area contributed by atoms with Crippen molar-refractivity contribution in [2.24, 2.45) is 5.41 Å². The number of fused-ring (bicyclic) bond motifs is 1. The maximum atomic E-state index is 12.0. The van der Waals surface area contributed by atoms with Crippen LogP contribution < -0.4 is 0 Å². The maximum Gasteiger partial charge on any atom is 0.315 e. The second kappa shape index (κ2) is 3.84. The van der Waals surface area contributed by atoms with E-state index in [1.807, 2.05) is 0 Å². The predicted molar refractivity (Wildman–Crippen MR) is 56.7 cm³/mol. The van der Waals surface area contributed by atoms with Gasteiger partial charge < -0.3 is 9.84 Å². The van der Waals surface area contributed by atoms with Crippen molar-refractivity contribution in [1.82, 2.24) is 0 Å². The first-order valence-corrected chi connectivity index (χ1v) is 6.00. The van der Waals surface area contributed by atoms with E-state index < -0.39 is 11.0 Å². The van der Waals surface area contributed by atoms with Gasteiger partial charge in [-0.25, -0.2) is 0 Å². The minimum absolute atomic E-state index is 0.180. The Balaban J connectivity index is 2.35. The number of Topliss-reactive ketones (excluding diaryl/α,β-unsaturated/α-hetero) is 1. The van der Waals surface area contributed by atoms with Crippen molar-refractivity contribution in [3.63, 3.8) is 0 Å². The second-order valence-electron chi connectivity index (χ2n) is 4.79. The highest BCUT2D eigenvalue weighted by Gasteiger charge is 2.65. The summed E-state index contributed by atoms with van der Waals surface area (Å²) in [4.78, 5) is 23.8. The lowest BCUT2D eigenvalue weighted by Gasteiger charge is -2.42. The van der Waals surface area contributed by atoms with Crippen LogP contribution in [-0.2, 0) is 14.3 Å². The van der Waals surface area contributed by atoms with Crippen LogP contribution in [0.4, 0.5) is 0 Å². The van der Waals surface area contributed by atoms with Crippen LogP contribution in [0, 0.1) is 5.41 Å². The van der Waals surface area contributed by atoms with E-state index in [0.717, 1.165) is 12.8 Å². The van der Waals surface area contributed by atoms with Crippen LogP contribution in [0.5, 0.6) is 0 Å². The number of aliphatic hydroxyl groups is 1. The average Bonchev–Trinajstić information content (AvgIpc) is 2.54. The summed E-state index contributed by atoms with van der Waals surface area (Å²) < 4.78 is 5.05. The number of carbonyl (C=O) groups excluding carboxylic acids is 2. The molecule has 0 bridgehead atoms. The maximum absolute atomic E-state index is 12.0. The molecule has 0 aromatic carbocycles. The third-order valence-electron chi connectivity index (χ3n) is 4.09. The first-order chi connectivity index (χ1) is 7.57. The summed E-state index contributed by atoms with van der Waals surface area (Å²) in [7, 11) is 0. The lowest BCUT2D eigenvalue weighted by molar-refractivity contribution is -0.180. The molecule has 0 saturated heterocycles. The zero-order valence-corrected chi connectivity index (χ0v) is 9.62. The van der Waals surface area contributed by atoms with E-state index in [9.17, 15) is 14.7 Å². The lowest BCUT2D eigenvalue weighted by atomic mass is 9.65. The number of hydrogen-bond acceptors (Lipinski definition) is 4. The van der Waals surface area contributed by atoms with E-state index in [1.165, 1.54) is 0 Å². The van der Waals surface area contributed by atoms with Crippen molar-refractivity contribution < 1.29 is 19.4 Å². The highest BCUT2D eigenvalue weighted by atomic mass is 16.5. The van der Waals surface area contributed by atoms with E-state index in [1.54, 1.807) is 6.92 Å². The Morgan fingerprint density at radius 3 is 2.75 bits per heavy atom. The van der Waals surface area contributed by atoms with Crippen LogP contribution in [0.15, 0.2) is 0 Å². The molecule has 2 aliphatic rings. The van der Waals surface area contributed by atoms with Crippen molar-refractivity contribution in [3.8, 4) is 0 Å². The molecule has 4 nitrogen and oxygen atoms in total. The van der Waals surface area contributed by atoms with Gasteiger partial charge in [-0.2, -0.15) is 0 Å². The molecule has 0 amide bonds. The highest BCUT2D eigenvalue weighted by molar-refractivity contribution is 5.98. The molecule has 0 unspecified atom stereocenters. The van der Waals surface area contributed by atoms with E-state index >= 15 is 0 Å². The molecule has 0 spiro atoms. The van der Waals surface area contributed by atoms with E-state index in [2.05, 4.69) is 0 Å². The third kappa shape index (κ3) is 1.32. The van der Waals surface area contributed by atoms with Gasteiger partial charge in [0.05, 0.1) is 6.61 Å². The second-order valence-corrected chi connectivity index (χ2v) is 4.79. The molecule has 0 heterocycles. The Kier molecular flexibility index (Phi) is 2.78. The number of ketones is 1. The largest absolute Gasteiger partial charge is 0.465 e. The zero-order chi connectivity index (χ0) is 11.8. The van der Waals surface area contributed by atoms with Gasteiger partial charge in [-0.3, -0.25) is 9.59 Å².